The molecule has 1 nitrogen and oxygen atoms in total. The fourth-order valence-electron chi connectivity index (χ4n) is 2.35. The minimum absolute atomic E-state index is 0.0162. The van der Waals surface area contributed by atoms with Crippen LogP contribution in [0, 0.1) is 23.1 Å². The van der Waals surface area contributed by atoms with Crippen molar-refractivity contribution >= 4 is 10.8 Å². The normalized spacial score (nSPS) is 11.9. The van der Waals surface area contributed by atoms with Gasteiger partial charge in [-0.15, -0.1) is 0 Å². The molecule has 2 rings (SSSR count). The summed E-state index contributed by atoms with van der Waals surface area (Å²) in [6, 6.07) is 11.3. The molecule has 0 saturated heterocycles. The first-order valence-electron chi connectivity index (χ1n) is 7.89. The van der Waals surface area contributed by atoms with E-state index in [1.54, 1.807) is 6.07 Å². The van der Waals surface area contributed by atoms with Gasteiger partial charge in [0.05, 0.1) is 0 Å². The number of benzene rings is 2. The van der Waals surface area contributed by atoms with Gasteiger partial charge in [-0.1, -0.05) is 48.2 Å². The largest absolute Gasteiger partial charge is 0.298 e. The second-order valence-electron chi connectivity index (χ2n) is 6.87. The SMILES string of the molecule is CN(C/C=C/C#CC(C)(C)C)Cc1c(F)ccc2ccccc12. The van der Waals surface area contributed by atoms with Crippen LogP contribution < -0.4 is 0 Å². The van der Waals surface area contributed by atoms with Crippen LogP contribution in [0.2, 0.25) is 0 Å². The Kier molecular flexibility index (Phi) is 5.58. The molecule has 0 bridgehead atoms. The maximum absolute atomic E-state index is 14.2. The molecule has 23 heavy (non-hydrogen) atoms. The molecule has 2 heteroatoms. The van der Waals surface area contributed by atoms with Crippen LogP contribution in [0.3, 0.4) is 0 Å². The molecular formula is C21H24FN. The lowest BCUT2D eigenvalue weighted by Gasteiger charge is -2.16. The number of fused-ring (bicyclic) bond motifs is 1. The molecule has 0 heterocycles. The zero-order valence-corrected chi connectivity index (χ0v) is 14.4. The number of allylic oxidation sites excluding steroid dienone is 1. The number of nitrogens with zero attached hydrogens (tertiary/aromatic N) is 1. The van der Waals surface area contributed by atoms with Crippen molar-refractivity contribution in [2.45, 2.75) is 27.3 Å². The van der Waals surface area contributed by atoms with Gasteiger partial charge in [-0.05, 0) is 50.7 Å². The molecule has 0 saturated carbocycles. The van der Waals surface area contributed by atoms with Crippen LogP contribution in [0.5, 0.6) is 0 Å². The van der Waals surface area contributed by atoms with Crippen LogP contribution >= 0.6 is 0 Å². The van der Waals surface area contributed by atoms with Gasteiger partial charge in [-0.2, -0.15) is 0 Å². The predicted octanol–water partition coefficient (Wildman–Crippen LogP) is 5.02. The number of halogens is 1. The number of hydrogen-bond acceptors (Lipinski definition) is 1. The molecule has 0 N–H and O–H groups in total. The lowest BCUT2D eigenvalue weighted by molar-refractivity contribution is 0.358. The Morgan fingerprint density at radius 1 is 1.13 bits per heavy atom. The van der Waals surface area contributed by atoms with E-state index in [0.29, 0.717) is 6.54 Å². The van der Waals surface area contributed by atoms with Gasteiger partial charge in [0.1, 0.15) is 5.82 Å². The molecule has 120 valence electrons. The molecule has 0 fully saturated rings. The number of likely N-dealkylation sites (N-methyl/N-ethyl adjacent to an activating group) is 1. The summed E-state index contributed by atoms with van der Waals surface area (Å²) < 4.78 is 14.2. The molecule has 0 atom stereocenters. The Bertz CT molecular complexity index is 757. The second kappa shape index (κ2) is 7.44. The third kappa shape index (κ3) is 5.23. The zero-order chi connectivity index (χ0) is 16.9. The maximum Gasteiger partial charge on any atom is 0.128 e. The van der Waals surface area contributed by atoms with Crippen molar-refractivity contribution in [2.75, 3.05) is 13.6 Å². The highest BCUT2D eigenvalue weighted by atomic mass is 19.1. The zero-order valence-electron chi connectivity index (χ0n) is 14.4. The molecule has 0 radical (unpaired) electrons. The minimum atomic E-state index is -0.146. The third-order valence-electron chi connectivity index (χ3n) is 3.48. The standard InChI is InChI=1S/C21H24FN/c1-21(2,3)14-8-5-9-15-23(4)16-19-18-11-7-6-10-17(18)12-13-20(19)22/h5-7,9-13H,15-16H2,1-4H3/b9-5+. The van der Waals surface area contributed by atoms with E-state index in [1.165, 1.54) is 0 Å². The van der Waals surface area contributed by atoms with Gasteiger partial charge in [-0.3, -0.25) is 4.90 Å². The summed E-state index contributed by atoms with van der Waals surface area (Å²) in [6.45, 7) is 7.57. The van der Waals surface area contributed by atoms with Gasteiger partial charge in [0.25, 0.3) is 0 Å². The van der Waals surface area contributed by atoms with E-state index in [-0.39, 0.29) is 11.2 Å². The van der Waals surface area contributed by atoms with Gasteiger partial charge in [-0.25, -0.2) is 4.39 Å². The van der Waals surface area contributed by atoms with E-state index in [4.69, 9.17) is 0 Å². The highest BCUT2D eigenvalue weighted by Gasteiger charge is 2.09. The monoisotopic (exact) mass is 309 g/mol. The maximum atomic E-state index is 14.2. The Morgan fingerprint density at radius 3 is 2.61 bits per heavy atom. The van der Waals surface area contributed by atoms with E-state index in [9.17, 15) is 4.39 Å². The average molecular weight is 309 g/mol. The van der Waals surface area contributed by atoms with Gasteiger partial charge >= 0.3 is 0 Å². The van der Waals surface area contributed by atoms with Crippen molar-refractivity contribution in [1.29, 1.82) is 0 Å². The van der Waals surface area contributed by atoms with Crippen molar-refractivity contribution < 1.29 is 4.39 Å². The van der Waals surface area contributed by atoms with Gasteiger partial charge < -0.3 is 0 Å². The van der Waals surface area contributed by atoms with Crippen LogP contribution in [0.4, 0.5) is 4.39 Å². The highest BCUT2D eigenvalue weighted by molar-refractivity contribution is 5.85. The molecule has 2 aromatic rings. The summed E-state index contributed by atoms with van der Waals surface area (Å²) in [7, 11) is 1.99. The van der Waals surface area contributed by atoms with E-state index in [1.807, 2.05) is 49.5 Å². The van der Waals surface area contributed by atoms with Crippen molar-refractivity contribution in [3.05, 3.63) is 59.9 Å². The summed E-state index contributed by atoms with van der Waals surface area (Å²) >= 11 is 0. The molecule has 0 unspecified atom stereocenters. The summed E-state index contributed by atoms with van der Waals surface area (Å²) in [4.78, 5) is 2.08. The van der Waals surface area contributed by atoms with E-state index in [0.717, 1.165) is 22.9 Å². The fraction of sp³-hybridized carbons (Fsp3) is 0.333. The smallest absolute Gasteiger partial charge is 0.128 e. The van der Waals surface area contributed by atoms with Crippen LogP contribution in [0.25, 0.3) is 10.8 Å². The molecule has 0 aromatic heterocycles. The van der Waals surface area contributed by atoms with Gasteiger partial charge in [0.15, 0.2) is 0 Å². The molecule has 2 aromatic carbocycles. The second-order valence-corrected chi connectivity index (χ2v) is 6.87. The Labute approximate surface area is 138 Å². The number of hydrogen-bond donors (Lipinski definition) is 0. The fourth-order valence-corrected chi connectivity index (χ4v) is 2.35. The van der Waals surface area contributed by atoms with Gasteiger partial charge in [0.2, 0.25) is 0 Å². The van der Waals surface area contributed by atoms with Crippen molar-refractivity contribution in [3.63, 3.8) is 0 Å². The van der Waals surface area contributed by atoms with Crippen molar-refractivity contribution in [3.8, 4) is 11.8 Å². The van der Waals surface area contributed by atoms with Crippen LogP contribution in [0.15, 0.2) is 48.6 Å². The highest BCUT2D eigenvalue weighted by Crippen LogP contribution is 2.22. The Balaban J connectivity index is 2.06. The quantitative estimate of drug-likeness (QED) is 0.717. The predicted molar refractivity (Wildman–Crippen MR) is 96.6 cm³/mol. The summed E-state index contributed by atoms with van der Waals surface area (Å²) in [5, 5.41) is 2.06. The van der Waals surface area contributed by atoms with Crippen LogP contribution in [-0.2, 0) is 6.54 Å². The first kappa shape index (κ1) is 17.2. The lowest BCUT2D eigenvalue weighted by Crippen LogP contribution is -2.18. The Hall–Kier alpha value is -2.11. The Morgan fingerprint density at radius 2 is 1.87 bits per heavy atom. The summed E-state index contributed by atoms with van der Waals surface area (Å²) in [6.07, 6.45) is 3.89. The molecule has 0 aliphatic rings. The van der Waals surface area contributed by atoms with E-state index in [2.05, 4.69) is 37.5 Å². The minimum Gasteiger partial charge on any atom is -0.298 e. The van der Waals surface area contributed by atoms with Crippen LogP contribution in [-0.4, -0.2) is 18.5 Å². The molecule has 0 aliphatic carbocycles. The number of rotatable bonds is 4. The van der Waals surface area contributed by atoms with Crippen LogP contribution in [0.1, 0.15) is 26.3 Å². The first-order chi connectivity index (χ1) is 10.9. The molecule has 0 aliphatic heterocycles. The van der Waals surface area contributed by atoms with Crippen molar-refractivity contribution in [2.24, 2.45) is 5.41 Å². The molecular weight excluding hydrogens is 285 g/mol. The summed E-state index contributed by atoms with van der Waals surface area (Å²) in [5.74, 6) is 6.07. The first-order valence-corrected chi connectivity index (χ1v) is 7.89. The van der Waals surface area contributed by atoms with E-state index >= 15 is 0 Å². The topological polar surface area (TPSA) is 3.24 Å². The van der Waals surface area contributed by atoms with E-state index < -0.39 is 0 Å². The lowest BCUT2D eigenvalue weighted by atomic mass is 9.98. The van der Waals surface area contributed by atoms with Crippen molar-refractivity contribution in [1.82, 2.24) is 4.90 Å². The van der Waals surface area contributed by atoms with Gasteiger partial charge in [0, 0.05) is 24.1 Å². The average Bonchev–Trinajstić information content (AvgIpc) is 2.49. The summed E-state index contributed by atoms with van der Waals surface area (Å²) in [5.41, 5.74) is 0.766. The molecule has 0 spiro atoms. The molecule has 0 amide bonds. The third-order valence-corrected chi connectivity index (χ3v) is 3.48.